The van der Waals surface area contributed by atoms with Crippen molar-refractivity contribution in [2.45, 2.75) is 6.54 Å². The van der Waals surface area contributed by atoms with Gasteiger partial charge in [-0.05, 0) is 23.8 Å². The van der Waals surface area contributed by atoms with Crippen LogP contribution in [-0.2, 0) is 16.1 Å². The molecular formula is C16H16N2O3. The summed E-state index contributed by atoms with van der Waals surface area (Å²) < 4.78 is 4.66. The Labute approximate surface area is 122 Å². The maximum absolute atomic E-state index is 11.5. The van der Waals surface area contributed by atoms with E-state index in [1.807, 2.05) is 30.3 Å². The number of hydrogen-bond donors (Lipinski definition) is 2. The van der Waals surface area contributed by atoms with Gasteiger partial charge in [-0.25, -0.2) is 4.79 Å². The minimum atomic E-state index is -0.446. The summed E-state index contributed by atoms with van der Waals surface area (Å²) >= 11 is 0. The van der Waals surface area contributed by atoms with Crippen molar-refractivity contribution in [2.75, 3.05) is 17.7 Å². The lowest BCUT2D eigenvalue weighted by atomic mass is 10.1. The number of carbonyl (C=O) groups is 2. The second kappa shape index (κ2) is 7.09. The van der Waals surface area contributed by atoms with Crippen molar-refractivity contribution >= 4 is 23.8 Å². The van der Waals surface area contributed by atoms with Crippen LogP contribution in [0.5, 0.6) is 0 Å². The van der Waals surface area contributed by atoms with Crippen LogP contribution in [0.3, 0.4) is 0 Å². The maximum atomic E-state index is 11.5. The lowest BCUT2D eigenvalue weighted by molar-refractivity contribution is -0.105. The molecule has 0 unspecified atom stereocenters. The van der Waals surface area contributed by atoms with E-state index in [1.165, 1.54) is 7.11 Å². The molecule has 0 heterocycles. The van der Waals surface area contributed by atoms with Crippen LogP contribution in [0.4, 0.5) is 11.4 Å². The van der Waals surface area contributed by atoms with Crippen LogP contribution in [0.25, 0.3) is 0 Å². The average molecular weight is 284 g/mol. The summed E-state index contributed by atoms with van der Waals surface area (Å²) in [5.74, 6) is -0.446. The molecule has 5 nitrogen and oxygen atoms in total. The van der Waals surface area contributed by atoms with E-state index < -0.39 is 5.97 Å². The van der Waals surface area contributed by atoms with E-state index in [2.05, 4.69) is 15.4 Å². The second-order valence-corrected chi connectivity index (χ2v) is 4.35. The fourth-order valence-corrected chi connectivity index (χ4v) is 1.92. The summed E-state index contributed by atoms with van der Waals surface area (Å²) in [5.41, 5.74) is 2.76. The summed E-state index contributed by atoms with van der Waals surface area (Å²) in [4.78, 5) is 22.2. The molecule has 0 aliphatic heterocycles. The molecule has 0 radical (unpaired) electrons. The molecule has 2 aromatic rings. The Bertz CT molecular complexity index is 627. The van der Waals surface area contributed by atoms with Gasteiger partial charge in [-0.3, -0.25) is 4.79 Å². The molecule has 0 atom stereocenters. The van der Waals surface area contributed by atoms with Crippen LogP contribution in [0.2, 0.25) is 0 Å². The molecular weight excluding hydrogens is 268 g/mol. The van der Waals surface area contributed by atoms with Gasteiger partial charge in [0.05, 0.1) is 24.0 Å². The number of nitrogens with one attached hydrogen (secondary N) is 2. The summed E-state index contributed by atoms with van der Waals surface area (Å²) in [5, 5.41) is 5.81. The largest absolute Gasteiger partial charge is 0.465 e. The minimum Gasteiger partial charge on any atom is -0.465 e. The lowest BCUT2D eigenvalue weighted by Crippen LogP contribution is -2.07. The van der Waals surface area contributed by atoms with Crippen molar-refractivity contribution in [1.82, 2.24) is 0 Å². The number of anilines is 2. The zero-order valence-electron chi connectivity index (χ0n) is 11.6. The first-order valence-electron chi connectivity index (χ1n) is 6.45. The molecule has 0 saturated heterocycles. The first kappa shape index (κ1) is 14.6. The number of hydrogen-bond acceptors (Lipinski definition) is 4. The highest BCUT2D eigenvalue weighted by Crippen LogP contribution is 2.24. The van der Waals surface area contributed by atoms with Crippen molar-refractivity contribution in [2.24, 2.45) is 0 Å². The van der Waals surface area contributed by atoms with Crippen molar-refractivity contribution < 1.29 is 14.3 Å². The normalized spacial score (nSPS) is 9.76. The van der Waals surface area contributed by atoms with Crippen LogP contribution in [0, 0.1) is 0 Å². The minimum absolute atomic E-state index is 0.382. The second-order valence-electron chi connectivity index (χ2n) is 4.35. The molecule has 0 aromatic heterocycles. The van der Waals surface area contributed by atoms with Crippen molar-refractivity contribution in [3.63, 3.8) is 0 Å². The Hall–Kier alpha value is -2.82. The van der Waals surface area contributed by atoms with Gasteiger partial charge in [0, 0.05) is 6.54 Å². The van der Waals surface area contributed by atoms with Crippen LogP contribution in [0.15, 0.2) is 48.5 Å². The molecule has 2 aromatic carbocycles. The Kier molecular flexibility index (Phi) is 4.93. The molecule has 2 rings (SSSR count). The van der Waals surface area contributed by atoms with E-state index in [0.29, 0.717) is 24.2 Å². The first-order chi connectivity index (χ1) is 10.2. The number of amides is 1. The summed E-state index contributed by atoms with van der Waals surface area (Å²) in [6, 6.07) is 14.8. The number of esters is 1. The SMILES string of the molecule is COC(=O)c1ccc(NCc2ccccc2)c(NC=O)c1. The van der Waals surface area contributed by atoms with Crippen LogP contribution >= 0.6 is 0 Å². The summed E-state index contributed by atoms with van der Waals surface area (Å²) in [7, 11) is 1.32. The fourth-order valence-electron chi connectivity index (χ4n) is 1.92. The van der Waals surface area contributed by atoms with E-state index >= 15 is 0 Å². The molecule has 0 aliphatic rings. The number of methoxy groups -OCH3 is 1. The van der Waals surface area contributed by atoms with Gasteiger partial charge in [-0.15, -0.1) is 0 Å². The molecule has 0 bridgehead atoms. The van der Waals surface area contributed by atoms with Gasteiger partial charge in [0.15, 0.2) is 0 Å². The van der Waals surface area contributed by atoms with Crippen molar-refractivity contribution in [1.29, 1.82) is 0 Å². The average Bonchev–Trinajstić information content (AvgIpc) is 2.54. The number of rotatable bonds is 6. The van der Waals surface area contributed by atoms with Gasteiger partial charge >= 0.3 is 5.97 Å². The van der Waals surface area contributed by atoms with Crippen LogP contribution < -0.4 is 10.6 Å². The van der Waals surface area contributed by atoms with Gasteiger partial charge < -0.3 is 15.4 Å². The van der Waals surface area contributed by atoms with Gasteiger partial charge in [-0.1, -0.05) is 30.3 Å². The highest BCUT2D eigenvalue weighted by Gasteiger charge is 2.09. The molecule has 1 amide bonds. The third kappa shape index (κ3) is 3.82. The predicted molar refractivity (Wildman–Crippen MR) is 81.2 cm³/mol. The monoisotopic (exact) mass is 284 g/mol. The van der Waals surface area contributed by atoms with Gasteiger partial charge in [0.2, 0.25) is 6.41 Å². The predicted octanol–water partition coefficient (Wildman–Crippen LogP) is 2.65. The Morgan fingerprint density at radius 3 is 2.57 bits per heavy atom. The smallest absolute Gasteiger partial charge is 0.337 e. The van der Waals surface area contributed by atoms with E-state index in [4.69, 9.17) is 0 Å². The number of ether oxygens (including phenoxy) is 1. The summed E-state index contributed by atoms with van der Waals surface area (Å²) in [6.07, 6.45) is 0.574. The van der Waals surface area contributed by atoms with E-state index in [-0.39, 0.29) is 0 Å². The molecule has 0 saturated carbocycles. The number of benzene rings is 2. The maximum Gasteiger partial charge on any atom is 0.337 e. The number of carbonyl (C=O) groups excluding carboxylic acids is 2. The summed E-state index contributed by atoms with van der Waals surface area (Å²) in [6.45, 7) is 0.617. The molecule has 5 heteroatoms. The molecule has 0 aliphatic carbocycles. The molecule has 0 spiro atoms. The highest BCUT2D eigenvalue weighted by atomic mass is 16.5. The van der Waals surface area contributed by atoms with Crippen LogP contribution in [-0.4, -0.2) is 19.5 Å². The fraction of sp³-hybridized carbons (Fsp3) is 0.125. The topological polar surface area (TPSA) is 67.4 Å². The van der Waals surface area contributed by atoms with Crippen LogP contribution in [0.1, 0.15) is 15.9 Å². The first-order valence-corrected chi connectivity index (χ1v) is 6.45. The lowest BCUT2D eigenvalue weighted by Gasteiger charge is -2.12. The Morgan fingerprint density at radius 1 is 1.14 bits per heavy atom. The van der Waals surface area contributed by atoms with Crippen molar-refractivity contribution in [3.8, 4) is 0 Å². The quantitative estimate of drug-likeness (QED) is 0.632. The highest BCUT2D eigenvalue weighted by molar-refractivity contribution is 5.93. The third-order valence-electron chi connectivity index (χ3n) is 2.98. The Morgan fingerprint density at radius 2 is 1.90 bits per heavy atom. The molecule has 0 fully saturated rings. The Balaban J connectivity index is 2.18. The molecule has 108 valence electrons. The standard InChI is InChI=1S/C16H16N2O3/c1-21-16(20)13-7-8-14(15(9-13)18-11-19)17-10-12-5-3-2-4-6-12/h2-9,11,17H,10H2,1H3,(H,18,19). The third-order valence-corrected chi connectivity index (χ3v) is 2.98. The zero-order chi connectivity index (χ0) is 15.1. The molecule has 2 N–H and O–H groups in total. The van der Waals surface area contributed by atoms with Gasteiger partial charge in [0.25, 0.3) is 0 Å². The van der Waals surface area contributed by atoms with E-state index in [0.717, 1.165) is 11.3 Å². The van der Waals surface area contributed by atoms with E-state index in [1.54, 1.807) is 18.2 Å². The van der Waals surface area contributed by atoms with Crippen molar-refractivity contribution in [3.05, 3.63) is 59.7 Å². The van der Waals surface area contributed by atoms with Gasteiger partial charge in [0.1, 0.15) is 0 Å². The molecule has 21 heavy (non-hydrogen) atoms. The van der Waals surface area contributed by atoms with E-state index in [9.17, 15) is 9.59 Å². The van der Waals surface area contributed by atoms with Gasteiger partial charge in [-0.2, -0.15) is 0 Å². The zero-order valence-corrected chi connectivity index (χ0v) is 11.6.